The van der Waals surface area contributed by atoms with Crippen LogP contribution in [0.3, 0.4) is 0 Å². The average molecular weight is 286 g/mol. The van der Waals surface area contributed by atoms with Crippen LogP contribution in [-0.4, -0.2) is 14.5 Å². The number of nitrogens with one attached hydrogen (secondary N) is 1. The molecule has 0 radical (unpaired) electrons. The van der Waals surface area contributed by atoms with Crippen molar-refractivity contribution in [1.29, 1.82) is 0 Å². The Morgan fingerprint density at radius 3 is 2.58 bits per heavy atom. The molecule has 0 spiro atoms. The van der Waals surface area contributed by atoms with E-state index in [-0.39, 0.29) is 22.2 Å². The molecule has 0 bridgehead atoms. The second kappa shape index (κ2) is 5.09. The first-order chi connectivity index (χ1) is 8.81. The van der Waals surface area contributed by atoms with Gasteiger partial charge in [0.05, 0.1) is 4.90 Å². The number of nitrogen functional groups attached to an aromatic ring is 1. The summed E-state index contributed by atoms with van der Waals surface area (Å²) >= 11 is 0. The van der Waals surface area contributed by atoms with Crippen molar-refractivity contribution in [2.24, 2.45) is 5.92 Å². The molecule has 0 saturated heterocycles. The van der Waals surface area contributed by atoms with Crippen molar-refractivity contribution in [3.63, 3.8) is 0 Å². The number of hydrogen-bond acceptors (Lipinski definition) is 3. The molecule has 4 nitrogen and oxygen atoms in total. The first-order valence-electron chi connectivity index (χ1n) is 6.39. The lowest BCUT2D eigenvalue weighted by atomic mass is 9.81. The van der Waals surface area contributed by atoms with Crippen molar-refractivity contribution >= 4 is 15.7 Å². The van der Waals surface area contributed by atoms with Crippen LogP contribution in [0.25, 0.3) is 0 Å². The molecule has 1 unspecified atom stereocenters. The molecule has 3 N–H and O–H groups in total. The topological polar surface area (TPSA) is 72.2 Å². The SMILES string of the molecule is Cc1c(F)cc(N)cc1S(=O)(=O)NC(C)C1CCC1. The highest BCUT2D eigenvalue weighted by Gasteiger charge is 2.29. The zero-order chi connectivity index (χ0) is 14.2. The van der Waals surface area contributed by atoms with Crippen LogP contribution in [0.15, 0.2) is 17.0 Å². The van der Waals surface area contributed by atoms with Gasteiger partial charge in [-0.05, 0) is 44.7 Å². The molecule has 19 heavy (non-hydrogen) atoms. The Hall–Kier alpha value is -1.14. The zero-order valence-electron chi connectivity index (χ0n) is 11.1. The molecule has 1 aliphatic rings. The molecule has 0 aliphatic heterocycles. The lowest BCUT2D eigenvalue weighted by molar-refractivity contribution is 0.260. The van der Waals surface area contributed by atoms with Crippen molar-refractivity contribution in [2.45, 2.75) is 44.0 Å². The average Bonchev–Trinajstić information content (AvgIpc) is 2.19. The number of rotatable bonds is 4. The monoisotopic (exact) mass is 286 g/mol. The standard InChI is InChI=1S/C13H19FN2O2S/c1-8-12(14)6-11(15)7-13(8)19(17,18)16-9(2)10-4-3-5-10/h6-7,9-10,16H,3-5,15H2,1-2H3. The van der Waals surface area contributed by atoms with E-state index < -0.39 is 15.8 Å². The van der Waals surface area contributed by atoms with Gasteiger partial charge in [-0.25, -0.2) is 17.5 Å². The fourth-order valence-electron chi connectivity index (χ4n) is 2.30. The van der Waals surface area contributed by atoms with Crippen molar-refractivity contribution in [3.05, 3.63) is 23.5 Å². The number of anilines is 1. The van der Waals surface area contributed by atoms with Gasteiger partial charge in [-0.15, -0.1) is 0 Å². The van der Waals surface area contributed by atoms with E-state index in [2.05, 4.69) is 4.72 Å². The number of hydrogen-bond donors (Lipinski definition) is 2. The molecular weight excluding hydrogens is 267 g/mol. The molecular formula is C13H19FN2O2S. The Bertz CT molecular complexity index is 583. The second-order valence-corrected chi connectivity index (χ2v) is 6.91. The minimum Gasteiger partial charge on any atom is -0.399 e. The molecule has 1 saturated carbocycles. The molecule has 6 heteroatoms. The van der Waals surface area contributed by atoms with Crippen LogP contribution in [0, 0.1) is 18.7 Å². The van der Waals surface area contributed by atoms with E-state index in [0.29, 0.717) is 5.92 Å². The lowest BCUT2D eigenvalue weighted by Gasteiger charge is -2.31. The van der Waals surface area contributed by atoms with Crippen LogP contribution in [0.4, 0.5) is 10.1 Å². The van der Waals surface area contributed by atoms with Gasteiger partial charge in [0.2, 0.25) is 10.0 Å². The molecule has 1 aromatic carbocycles. The minimum atomic E-state index is -3.73. The predicted molar refractivity (Wildman–Crippen MR) is 72.7 cm³/mol. The van der Waals surface area contributed by atoms with Gasteiger partial charge in [-0.3, -0.25) is 0 Å². The van der Waals surface area contributed by atoms with Gasteiger partial charge in [0, 0.05) is 17.3 Å². The Kier molecular flexibility index (Phi) is 3.82. The maximum absolute atomic E-state index is 13.6. The summed E-state index contributed by atoms with van der Waals surface area (Å²) in [5.74, 6) is -0.224. The second-order valence-electron chi connectivity index (χ2n) is 5.23. The molecule has 1 aromatic rings. The van der Waals surface area contributed by atoms with Gasteiger partial charge >= 0.3 is 0 Å². The maximum atomic E-state index is 13.6. The summed E-state index contributed by atoms with van der Waals surface area (Å²) in [5, 5.41) is 0. The summed E-state index contributed by atoms with van der Waals surface area (Å²) < 4.78 is 40.7. The fraction of sp³-hybridized carbons (Fsp3) is 0.538. The molecule has 1 aliphatic carbocycles. The number of benzene rings is 1. The van der Waals surface area contributed by atoms with E-state index in [9.17, 15) is 12.8 Å². The zero-order valence-corrected chi connectivity index (χ0v) is 11.9. The Balaban J connectivity index is 2.28. The summed E-state index contributed by atoms with van der Waals surface area (Å²) in [7, 11) is -3.73. The first kappa shape index (κ1) is 14.3. The van der Waals surface area contributed by atoms with E-state index >= 15 is 0 Å². The van der Waals surface area contributed by atoms with Crippen molar-refractivity contribution < 1.29 is 12.8 Å². The van der Waals surface area contributed by atoms with Crippen LogP contribution < -0.4 is 10.5 Å². The third kappa shape index (κ3) is 2.90. The largest absolute Gasteiger partial charge is 0.399 e. The van der Waals surface area contributed by atoms with Gasteiger partial charge in [0.25, 0.3) is 0 Å². The normalized spacial score (nSPS) is 18.1. The fourth-order valence-corrected chi connectivity index (χ4v) is 3.90. The third-order valence-electron chi connectivity index (χ3n) is 3.81. The van der Waals surface area contributed by atoms with E-state index in [1.807, 2.05) is 6.92 Å². The van der Waals surface area contributed by atoms with Gasteiger partial charge in [-0.2, -0.15) is 0 Å². The van der Waals surface area contributed by atoms with Crippen LogP contribution in [0.5, 0.6) is 0 Å². The van der Waals surface area contributed by atoms with Crippen LogP contribution in [0.1, 0.15) is 31.7 Å². The summed E-state index contributed by atoms with van der Waals surface area (Å²) in [6, 6.07) is 2.29. The molecule has 2 rings (SSSR count). The van der Waals surface area contributed by atoms with Gasteiger partial charge in [0.1, 0.15) is 5.82 Å². The highest BCUT2D eigenvalue weighted by Crippen LogP contribution is 2.30. The highest BCUT2D eigenvalue weighted by atomic mass is 32.2. The molecule has 1 atom stereocenters. The van der Waals surface area contributed by atoms with Crippen molar-refractivity contribution in [1.82, 2.24) is 4.72 Å². The molecule has 0 aromatic heterocycles. The van der Waals surface area contributed by atoms with Crippen LogP contribution in [-0.2, 0) is 10.0 Å². The number of sulfonamides is 1. The van der Waals surface area contributed by atoms with Crippen molar-refractivity contribution in [3.8, 4) is 0 Å². The smallest absolute Gasteiger partial charge is 0.241 e. The van der Waals surface area contributed by atoms with Crippen molar-refractivity contribution in [2.75, 3.05) is 5.73 Å². The van der Waals surface area contributed by atoms with Gasteiger partial charge in [0.15, 0.2) is 0 Å². The highest BCUT2D eigenvalue weighted by molar-refractivity contribution is 7.89. The van der Waals surface area contributed by atoms with E-state index in [1.165, 1.54) is 13.0 Å². The van der Waals surface area contributed by atoms with Gasteiger partial charge in [-0.1, -0.05) is 6.42 Å². The Labute approximate surface area is 113 Å². The summed E-state index contributed by atoms with van der Waals surface area (Å²) in [6.45, 7) is 3.29. The van der Waals surface area contributed by atoms with Gasteiger partial charge < -0.3 is 5.73 Å². The first-order valence-corrected chi connectivity index (χ1v) is 7.87. The maximum Gasteiger partial charge on any atom is 0.241 e. The van der Waals surface area contributed by atoms with Crippen LogP contribution in [0.2, 0.25) is 0 Å². The summed E-state index contributed by atoms with van der Waals surface area (Å²) in [6.07, 6.45) is 3.21. The molecule has 0 amide bonds. The minimum absolute atomic E-state index is 0.0730. The van der Waals surface area contributed by atoms with Crippen LogP contribution >= 0.6 is 0 Å². The Morgan fingerprint density at radius 1 is 1.42 bits per heavy atom. The lowest BCUT2D eigenvalue weighted by Crippen LogP contribution is -2.40. The van der Waals surface area contributed by atoms with E-state index in [0.717, 1.165) is 25.3 Å². The summed E-state index contributed by atoms with van der Waals surface area (Å²) in [4.78, 5) is -0.0730. The molecule has 106 valence electrons. The predicted octanol–water partition coefficient (Wildman–Crippen LogP) is 2.18. The Morgan fingerprint density at radius 2 is 2.05 bits per heavy atom. The van der Waals surface area contributed by atoms with E-state index in [4.69, 9.17) is 5.73 Å². The molecule has 0 heterocycles. The number of halogens is 1. The molecule has 1 fully saturated rings. The summed E-state index contributed by atoms with van der Waals surface area (Å²) in [5.41, 5.74) is 5.73. The third-order valence-corrected chi connectivity index (χ3v) is 5.49. The quantitative estimate of drug-likeness (QED) is 0.833. The van der Waals surface area contributed by atoms with E-state index in [1.54, 1.807) is 0 Å². The number of nitrogens with two attached hydrogens (primary N) is 1.